The van der Waals surface area contributed by atoms with Crippen LogP contribution in [-0.2, 0) is 18.3 Å². The highest BCUT2D eigenvalue weighted by Gasteiger charge is 2.54. The van der Waals surface area contributed by atoms with Gasteiger partial charge in [0.1, 0.15) is 5.69 Å². The van der Waals surface area contributed by atoms with Crippen LogP contribution in [0.25, 0.3) is 0 Å². The first-order chi connectivity index (χ1) is 16.2. The van der Waals surface area contributed by atoms with Gasteiger partial charge in [0.05, 0.1) is 11.8 Å². The first kappa shape index (κ1) is 23.5. The van der Waals surface area contributed by atoms with E-state index in [9.17, 15) is 14.7 Å². The van der Waals surface area contributed by atoms with Crippen LogP contribution in [0.4, 0.5) is 5.13 Å². The van der Waals surface area contributed by atoms with Crippen LogP contribution in [0.2, 0.25) is 0 Å². The Morgan fingerprint density at radius 1 is 1.32 bits per heavy atom. The SMILES string of the molecule is C[C@H](C(=O)N1CCCC1)[C@H]1CC[C@]2(C)Cc3sc(NC(=O)c4cccn4C)nc3[C@@H](C)[C@@H]2[C@H]1O. The van der Waals surface area contributed by atoms with Crippen LogP contribution in [0.1, 0.15) is 73.4 Å². The summed E-state index contributed by atoms with van der Waals surface area (Å²) < 4.78 is 1.79. The van der Waals surface area contributed by atoms with Gasteiger partial charge in [0.15, 0.2) is 5.13 Å². The predicted molar refractivity (Wildman–Crippen MR) is 133 cm³/mol. The number of aromatic nitrogens is 2. The number of aryl methyl sites for hydroxylation is 1. The summed E-state index contributed by atoms with van der Waals surface area (Å²) in [5.74, 6) is -0.0336. The van der Waals surface area contributed by atoms with Crippen molar-refractivity contribution in [3.8, 4) is 0 Å². The fourth-order valence-corrected chi connectivity index (χ4v) is 8.13. The number of aliphatic hydroxyl groups is 1. The highest BCUT2D eigenvalue weighted by Crippen LogP contribution is 2.57. The predicted octanol–water partition coefficient (Wildman–Crippen LogP) is 4.05. The number of carbonyl (C=O) groups is 2. The number of thiazole rings is 1. The average Bonchev–Trinajstić information content (AvgIpc) is 3.53. The molecule has 8 heteroatoms. The number of aliphatic hydroxyl groups excluding tert-OH is 1. The van der Waals surface area contributed by atoms with Crippen molar-refractivity contribution in [3.63, 3.8) is 0 Å². The van der Waals surface area contributed by atoms with E-state index in [2.05, 4.69) is 19.2 Å². The third-order valence-corrected chi connectivity index (χ3v) is 9.75. The maximum atomic E-state index is 13.1. The monoisotopic (exact) mass is 484 g/mol. The molecule has 2 amide bonds. The zero-order valence-corrected chi connectivity index (χ0v) is 21.4. The minimum Gasteiger partial charge on any atom is -0.392 e. The van der Waals surface area contributed by atoms with Crippen LogP contribution in [-0.4, -0.2) is 50.6 Å². The quantitative estimate of drug-likeness (QED) is 0.686. The summed E-state index contributed by atoms with van der Waals surface area (Å²) in [5, 5.41) is 15.2. The number of amides is 2. The van der Waals surface area contributed by atoms with E-state index in [-0.39, 0.29) is 40.9 Å². The molecule has 1 saturated heterocycles. The molecular weight excluding hydrogens is 448 g/mol. The normalized spacial score (nSPS) is 31.6. The zero-order chi connectivity index (χ0) is 24.2. The molecule has 1 saturated carbocycles. The smallest absolute Gasteiger partial charge is 0.274 e. The van der Waals surface area contributed by atoms with Crippen molar-refractivity contribution in [2.24, 2.45) is 30.2 Å². The fourth-order valence-electron chi connectivity index (χ4n) is 6.87. The number of anilines is 1. The Hall–Kier alpha value is -2.19. The maximum Gasteiger partial charge on any atom is 0.274 e. The third-order valence-electron chi connectivity index (χ3n) is 8.77. The van der Waals surface area contributed by atoms with Gasteiger partial charge in [-0.05, 0) is 61.5 Å². The molecule has 2 aromatic heterocycles. The van der Waals surface area contributed by atoms with Gasteiger partial charge in [-0.2, -0.15) is 0 Å². The molecular formula is C26H36N4O3S. The number of fused-ring (bicyclic) bond motifs is 2. The summed E-state index contributed by atoms with van der Waals surface area (Å²) in [4.78, 5) is 33.8. The summed E-state index contributed by atoms with van der Waals surface area (Å²) >= 11 is 1.56. The molecule has 2 N–H and O–H groups in total. The Kier molecular flexibility index (Phi) is 6.09. The van der Waals surface area contributed by atoms with E-state index in [0.29, 0.717) is 10.8 Å². The largest absolute Gasteiger partial charge is 0.392 e. The van der Waals surface area contributed by atoms with E-state index in [0.717, 1.165) is 50.9 Å². The number of rotatable bonds is 4. The number of hydrogen-bond donors (Lipinski definition) is 2. The van der Waals surface area contributed by atoms with Gasteiger partial charge >= 0.3 is 0 Å². The van der Waals surface area contributed by atoms with Crippen LogP contribution in [0.15, 0.2) is 18.3 Å². The number of nitrogens with one attached hydrogen (secondary N) is 1. The number of carbonyl (C=O) groups excluding carboxylic acids is 2. The van der Waals surface area contributed by atoms with Crippen LogP contribution in [0.5, 0.6) is 0 Å². The van der Waals surface area contributed by atoms with E-state index < -0.39 is 6.10 Å². The fraction of sp³-hybridized carbons (Fsp3) is 0.654. The maximum absolute atomic E-state index is 13.1. The lowest BCUT2D eigenvalue weighted by Crippen LogP contribution is -2.53. The molecule has 0 spiro atoms. The van der Waals surface area contributed by atoms with Gasteiger partial charge in [-0.3, -0.25) is 14.9 Å². The second-order valence-corrected chi connectivity index (χ2v) is 12.0. The van der Waals surface area contributed by atoms with E-state index in [1.807, 2.05) is 31.1 Å². The van der Waals surface area contributed by atoms with Gasteiger partial charge in [-0.25, -0.2) is 4.98 Å². The van der Waals surface area contributed by atoms with Crippen molar-refractivity contribution in [2.45, 2.75) is 64.9 Å². The first-order valence-electron chi connectivity index (χ1n) is 12.6. The van der Waals surface area contributed by atoms with Gasteiger partial charge in [0.25, 0.3) is 5.91 Å². The Balaban J connectivity index is 1.36. The second kappa shape index (κ2) is 8.79. The van der Waals surface area contributed by atoms with Gasteiger partial charge in [0, 0.05) is 43.0 Å². The van der Waals surface area contributed by atoms with Crippen LogP contribution >= 0.6 is 11.3 Å². The Bertz CT molecular complexity index is 1090. The van der Waals surface area contributed by atoms with Crippen molar-refractivity contribution in [2.75, 3.05) is 18.4 Å². The molecule has 3 heterocycles. The minimum absolute atomic E-state index is 0.0228. The lowest BCUT2D eigenvalue weighted by molar-refractivity contribution is -0.143. The number of nitrogens with zero attached hydrogens (tertiary/aromatic N) is 3. The summed E-state index contributed by atoms with van der Waals surface area (Å²) in [6, 6.07) is 3.64. The molecule has 7 nitrogen and oxygen atoms in total. The minimum atomic E-state index is -0.536. The molecule has 2 aromatic rings. The first-order valence-corrected chi connectivity index (χ1v) is 13.4. The lowest BCUT2D eigenvalue weighted by Gasteiger charge is -2.53. The molecule has 0 radical (unpaired) electrons. The van der Waals surface area contributed by atoms with Crippen molar-refractivity contribution in [3.05, 3.63) is 34.6 Å². The molecule has 1 aliphatic heterocycles. The van der Waals surface area contributed by atoms with Gasteiger partial charge in [-0.15, -0.1) is 11.3 Å². The second-order valence-electron chi connectivity index (χ2n) is 10.9. The van der Waals surface area contributed by atoms with Crippen molar-refractivity contribution >= 4 is 28.3 Å². The Morgan fingerprint density at radius 3 is 2.74 bits per heavy atom. The van der Waals surface area contributed by atoms with Crippen LogP contribution in [0, 0.1) is 23.2 Å². The molecule has 6 atom stereocenters. The van der Waals surface area contributed by atoms with Gasteiger partial charge in [0.2, 0.25) is 5.91 Å². The van der Waals surface area contributed by atoms with E-state index >= 15 is 0 Å². The molecule has 184 valence electrons. The number of hydrogen-bond acceptors (Lipinski definition) is 5. The molecule has 34 heavy (non-hydrogen) atoms. The van der Waals surface area contributed by atoms with Crippen molar-refractivity contribution in [1.29, 1.82) is 0 Å². The lowest BCUT2D eigenvalue weighted by atomic mass is 9.53. The molecule has 0 unspecified atom stereocenters. The summed E-state index contributed by atoms with van der Waals surface area (Å²) in [5.41, 5.74) is 1.55. The summed E-state index contributed by atoms with van der Waals surface area (Å²) in [6.07, 6.45) is 6.19. The van der Waals surface area contributed by atoms with Crippen molar-refractivity contribution < 1.29 is 14.7 Å². The summed E-state index contributed by atoms with van der Waals surface area (Å²) in [7, 11) is 1.85. The molecule has 0 aromatic carbocycles. The van der Waals surface area contributed by atoms with E-state index in [1.54, 1.807) is 22.0 Å². The average molecular weight is 485 g/mol. The van der Waals surface area contributed by atoms with E-state index in [4.69, 9.17) is 4.98 Å². The van der Waals surface area contributed by atoms with Gasteiger partial charge < -0.3 is 14.6 Å². The molecule has 2 aliphatic carbocycles. The van der Waals surface area contributed by atoms with Crippen LogP contribution < -0.4 is 5.32 Å². The van der Waals surface area contributed by atoms with E-state index in [1.165, 1.54) is 4.88 Å². The number of likely N-dealkylation sites (tertiary alicyclic amines) is 1. The van der Waals surface area contributed by atoms with Gasteiger partial charge in [-0.1, -0.05) is 20.8 Å². The zero-order valence-electron chi connectivity index (χ0n) is 20.6. The highest BCUT2D eigenvalue weighted by atomic mass is 32.1. The highest BCUT2D eigenvalue weighted by molar-refractivity contribution is 7.15. The molecule has 0 bridgehead atoms. The Labute approximate surface area is 205 Å². The Morgan fingerprint density at radius 2 is 2.06 bits per heavy atom. The molecule has 2 fully saturated rings. The molecule has 3 aliphatic rings. The standard InChI is InChI=1S/C26H36N4O3S/c1-15(24(33)30-12-5-6-13-30)17-9-10-26(3)14-19-21(16(2)20(26)22(17)31)27-25(34-19)28-23(32)18-8-7-11-29(18)4/h7-8,11,15-17,20,22,31H,5-6,9-10,12-14H2,1-4H3,(H,27,28,32)/t15-,16-,17+,20+,22-,26+/m0/s1. The third kappa shape index (κ3) is 3.88. The van der Waals surface area contributed by atoms with Crippen LogP contribution in [0.3, 0.4) is 0 Å². The summed E-state index contributed by atoms with van der Waals surface area (Å²) in [6.45, 7) is 8.15. The molecule has 5 rings (SSSR count). The topological polar surface area (TPSA) is 87.5 Å². The van der Waals surface area contributed by atoms with Crippen molar-refractivity contribution in [1.82, 2.24) is 14.5 Å².